The van der Waals surface area contributed by atoms with Crippen LogP contribution in [0.15, 0.2) is 11.4 Å². The molecule has 92 valence electrons. The van der Waals surface area contributed by atoms with Crippen LogP contribution in [-0.2, 0) is 19.1 Å². The number of methoxy groups -OCH3 is 1. The average molecular weight is 257 g/mol. The van der Waals surface area contributed by atoms with E-state index in [2.05, 4.69) is 14.8 Å². The summed E-state index contributed by atoms with van der Waals surface area (Å²) in [5.74, 6) is -2.48. The first-order valence-corrected chi connectivity index (χ1v) is 5.62. The van der Waals surface area contributed by atoms with Gasteiger partial charge in [0, 0.05) is 0 Å². The lowest BCUT2D eigenvalue weighted by atomic mass is 10.3. The first kappa shape index (κ1) is 13.2. The van der Waals surface area contributed by atoms with Gasteiger partial charge < -0.3 is 14.8 Å². The van der Waals surface area contributed by atoms with E-state index >= 15 is 0 Å². The molecule has 0 saturated heterocycles. The van der Waals surface area contributed by atoms with Gasteiger partial charge in [0.2, 0.25) is 0 Å². The maximum Gasteiger partial charge on any atom is 0.397 e. The van der Waals surface area contributed by atoms with Crippen molar-refractivity contribution in [2.45, 2.75) is 6.92 Å². The van der Waals surface area contributed by atoms with Gasteiger partial charge in [-0.3, -0.25) is 4.79 Å². The normalized spacial score (nSPS) is 9.53. The third-order valence-electron chi connectivity index (χ3n) is 1.76. The number of nitrogens with one attached hydrogen (secondary N) is 1. The molecule has 1 amide bonds. The van der Waals surface area contributed by atoms with Crippen LogP contribution in [0, 0.1) is 0 Å². The van der Waals surface area contributed by atoms with E-state index in [0.29, 0.717) is 0 Å². The smallest absolute Gasteiger partial charge is 0.397 e. The third kappa shape index (κ3) is 3.28. The van der Waals surface area contributed by atoms with Crippen molar-refractivity contribution in [3.8, 4) is 0 Å². The van der Waals surface area contributed by atoms with Gasteiger partial charge in [0.15, 0.2) is 0 Å². The Balaban J connectivity index is 2.75. The van der Waals surface area contributed by atoms with E-state index < -0.39 is 17.8 Å². The van der Waals surface area contributed by atoms with E-state index in [1.807, 2.05) is 0 Å². The van der Waals surface area contributed by atoms with Gasteiger partial charge in [-0.05, 0) is 18.4 Å². The van der Waals surface area contributed by atoms with E-state index in [1.54, 1.807) is 12.3 Å². The van der Waals surface area contributed by atoms with Gasteiger partial charge in [-0.25, -0.2) is 9.59 Å². The first-order valence-electron chi connectivity index (χ1n) is 4.74. The summed E-state index contributed by atoms with van der Waals surface area (Å²) in [4.78, 5) is 33.7. The molecule has 1 aromatic rings. The molecule has 0 spiro atoms. The molecule has 1 heterocycles. The van der Waals surface area contributed by atoms with Crippen LogP contribution in [0.5, 0.6) is 0 Å². The average Bonchev–Trinajstić information content (AvgIpc) is 2.76. The lowest BCUT2D eigenvalue weighted by Crippen LogP contribution is -2.25. The Morgan fingerprint density at radius 3 is 2.71 bits per heavy atom. The monoisotopic (exact) mass is 257 g/mol. The number of carbonyl (C=O) groups is 3. The van der Waals surface area contributed by atoms with Gasteiger partial charge in [-0.1, -0.05) is 0 Å². The number of anilines is 1. The van der Waals surface area contributed by atoms with Crippen molar-refractivity contribution in [2.24, 2.45) is 0 Å². The number of esters is 2. The molecule has 0 aliphatic carbocycles. The molecular formula is C10H11NO5S. The van der Waals surface area contributed by atoms with Crippen LogP contribution in [0.4, 0.5) is 5.00 Å². The molecule has 17 heavy (non-hydrogen) atoms. The minimum atomic E-state index is -0.989. The van der Waals surface area contributed by atoms with Gasteiger partial charge in [0.25, 0.3) is 0 Å². The number of hydrogen-bond acceptors (Lipinski definition) is 6. The van der Waals surface area contributed by atoms with Gasteiger partial charge in [-0.2, -0.15) is 0 Å². The Bertz CT molecular complexity index is 440. The van der Waals surface area contributed by atoms with E-state index in [0.717, 1.165) is 11.3 Å². The predicted octanol–water partition coefficient (Wildman–Crippen LogP) is 1.04. The van der Waals surface area contributed by atoms with Crippen molar-refractivity contribution in [1.29, 1.82) is 0 Å². The fourth-order valence-electron chi connectivity index (χ4n) is 1.03. The third-order valence-corrected chi connectivity index (χ3v) is 2.59. The van der Waals surface area contributed by atoms with Crippen LogP contribution >= 0.6 is 11.3 Å². The zero-order valence-corrected chi connectivity index (χ0v) is 10.1. The number of ether oxygens (including phenoxy) is 2. The van der Waals surface area contributed by atoms with E-state index in [4.69, 9.17) is 0 Å². The van der Waals surface area contributed by atoms with Gasteiger partial charge in [0.05, 0.1) is 19.3 Å². The van der Waals surface area contributed by atoms with Gasteiger partial charge >= 0.3 is 17.8 Å². The van der Waals surface area contributed by atoms with E-state index in [-0.39, 0.29) is 17.2 Å². The maximum atomic E-state index is 11.3. The van der Waals surface area contributed by atoms with Crippen LogP contribution < -0.4 is 5.32 Å². The summed E-state index contributed by atoms with van der Waals surface area (Å²) in [6, 6.07) is 1.50. The highest BCUT2D eigenvalue weighted by Gasteiger charge is 2.20. The van der Waals surface area contributed by atoms with Crippen molar-refractivity contribution in [3.05, 3.63) is 17.0 Å². The Morgan fingerprint density at radius 2 is 2.12 bits per heavy atom. The van der Waals surface area contributed by atoms with Gasteiger partial charge in [-0.15, -0.1) is 11.3 Å². The van der Waals surface area contributed by atoms with Crippen LogP contribution in [-0.4, -0.2) is 31.6 Å². The minimum absolute atomic E-state index is 0.112. The summed E-state index contributed by atoms with van der Waals surface area (Å²) >= 11 is 1.12. The minimum Gasteiger partial charge on any atom is -0.465 e. The maximum absolute atomic E-state index is 11.3. The highest BCUT2D eigenvalue weighted by Crippen LogP contribution is 2.23. The second-order valence-corrected chi connectivity index (χ2v) is 3.75. The van der Waals surface area contributed by atoms with Crippen LogP contribution in [0.25, 0.3) is 0 Å². The number of rotatable bonds is 3. The number of amides is 1. The van der Waals surface area contributed by atoms with Crippen molar-refractivity contribution < 1.29 is 23.9 Å². The summed E-state index contributed by atoms with van der Waals surface area (Å²) in [7, 11) is 1.23. The van der Waals surface area contributed by atoms with Crippen molar-refractivity contribution in [2.75, 3.05) is 19.0 Å². The SMILES string of the molecule is CCOC(=O)C(=O)Nc1sccc1C(=O)OC. The standard InChI is InChI=1S/C10H11NO5S/c1-3-16-10(14)7(12)11-8-6(4-5-17-8)9(13)15-2/h4-5H,3H2,1-2H3,(H,11,12). The number of carbonyl (C=O) groups excluding carboxylic acids is 3. The second-order valence-electron chi connectivity index (χ2n) is 2.83. The van der Waals surface area contributed by atoms with Gasteiger partial charge in [0.1, 0.15) is 5.00 Å². The van der Waals surface area contributed by atoms with Crippen molar-refractivity contribution in [1.82, 2.24) is 0 Å². The molecule has 1 N–H and O–H groups in total. The molecule has 0 atom stereocenters. The molecule has 1 aromatic heterocycles. The molecule has 0 fully saturated rings. The summed E-state index contributed by atoms with van der Waals surface area (Å²) in [6.07, 6.45) is 0. The van der Waals surface area contributed by atoms with Crippen molar-refractivity contribution in [3.63, 3.8) is 0 Å². The molecule has 7 heteroatoms. The molecule has 0 radical (unpaired) electrons. The summed E-state index contributed by atoms with van der Waals surface area (Å²) in [5.41, 5.74) is 0.204. The molecule has 0 saturated carbocycles. The molecule has 0 bridgehead atoms. The van der Waals surface area contributed by atoms with Crippen LogP contribution in [0.1, 0.15) is 17.3 Å². The Morgan fingerprint density at radius 1 is 1.41 bits per heavy atom. The molecule has 1 rings (SSSR count). The zero-order chi connectivity index (χ0) is 12.8. The lowest BCUT2D eigenvalue weighted by molar-refractivity contribution is -0.152. The number of hydrogen-bond donors (Lipinski definition) is 1. The summed E-state index contributed by atoms with van der Waals surface area (Å²) in [5, 5.41) is 4.16. The highest BCUT2D eigenvalue weighted by atomic mass is 32.1. The topological polar surface area (TPSA) is 81.7 Å². The Labute approximate surface area is 102 Å². The lowest BCUT2D eigenvalue weighted by Gasteiger charge is -2.04. The Hall–Kier alpha value is -1.89. The van der Waals surface area contributed by atoms with E-state index in [9.17, 15) is 14.4 Å². The molecule has 0 aliphatic heterocycles. The fraction of sp³-hybridized carbons (Fsp3) is 0.300. The second kappa shape index (κ2) is 6.00. The molecule has 0 aromatic carbocycles. The van der Waals surface area contributed by atoms with E-state index in [1.165, 1.54) is 13.2 Å². The van der Waals surface area contributed by atoms with Crippen molar-refractivity contribution >= 4 is 34.2 Å². The molecule has 0 unspecified atom stereocenters. The summed E-state index contributed by atoms with van der Waals surface area (Å²) < 4.78 is 9.04. The van der Waals surface area contributed by atoms with Crippen LogP contribution in [0.2, 0.25) is 0 Å². The molecule has 0 aliphatic rings. The zero-order valence-electron chi connectivity index (χ0n) is 9.31. The largest absolute Gasteiger partial charge is 0.465 e. The fourth-order valence-corrected chi connectivity index (χ4v) is 1.80. The van der Waals surface area contributed by atoms with Crippen LogP contribution in [0.3, 0.4) is 0 Å². The number of thiophene rings is 1. The Kier molecular flexibility index (Phi) is 4.65. The molecular weight excluding hydrogens is 246 g/mol. The molecule has 6 nitrogen and oxygen atoms in total. The highest BCUT2D eigenvalue weighted by molar-refractivity contribution is 7.14. The summed E-state index contributed by atoms with van der Waals surface area (Å²) in [6.45, 7) is 1.71. The first-order chi connectivity index (χ1) is 8.10. The quantitative estimate of drug-likeness (QED) is 0.646. The predicted molar refractivity (Wildman–Crippen MR) is 60.9 cm³/mol.